The fraction of sp³-hybridized carbons (Fsp3) is 0.455. The highest BCUT2D eigenvalue weighted by Gasteiger charge is 2.08. The van der Waals surface area contributed by atoms with E-state index in [-0.39, 0.29) is 6.79 Å². The van der Waals surface area contributed by atoms with Crippen molar-refractivity contribution in [1.82, 2.24) is 0 Å². The van der Waals surface area contributed by atoms with Crippen molar-refractivity contribution < 1.29 is 14.2 Å². The summed E-state index contributed by atoms with van der Waals surface area (Å²) in [6, 6.07) is 5.62. The van der Waals surface area contributed by atoms with Gasteiger partial charge in [-0.15, -0.1) is 0 Å². The average Bonchev–Trinajstić information content (AvgIpc) is 2.29. The van der Waals surface area contributed by atoms with Crippen LogP contribution in [0.15, 0.2) is 18.2 Å². The highest BCUT2D eigenvalue weighted by atomic mass is 16.7. The molecule has 0 saturated heterocycles. The molecule has 0 spiro atoms. The number of hydrogen-bond donors (Lipinski definition) is 1. The smallest absolute Gasteiger partial charge is 0.189 e. The maximum absolute atomic E-state index is 5.60. The largest absolute Gasteiger partial charge is 0.493 e. The van der Waals surface area contributed by atoms with Crippen LogP contribution in [0.5, 0.6) is 11.5 Å². The van der Waals surface area contributed by atoms with Crippen molar-refractivity contribution in [3.05, 3.63) is 23.8 Å². The summed E-state index contributed by atoms with van der Waals surface area (Å²) in [5.41, 5.74) is 6.51. The molecule has 0 bridgehead atoms. The molecule has 0 unspecified atom stereocenters. The molecule has 0 saturated carbocycles. The van der Waals surface area contributed by atoms with Crippen LogP contribution in [0, 0.1) is 0 Å². The van der Waals surface area contributed by atoms with Crippen molar-refractivity contribution in [2.45, 2.75) is 13.5 Å². The molecule has 0 aromatic heterocycles. The SMILES string of the molecule is CCOCOc1c(CN)cccc1OC. The predicted molar refractivity (Wildman–Crippen MR) is 58.0 cm³/mol. The van der Waals surface area contributed by atoms with E-state index >= 15 is 0 Å². The van der Waals surface area contributed by atoms with Gasteiger partial charge in [-0.05, 0) is 13.0 Å². The van der Waals surface area contributed by atoms with Gasteiger partial charge in [0, 0.05) is 18.7 Å². The zero-order chi connectivity index (χ0) is 11.1. The number of benzene rings is 1. The summed E-state index contributed by atoms with van der Waals surface area (Å²) in [6.07, 6.45) is 0. The Kier molecular flexibility index (Phi) is 4.93. The zero-order valence-electron chi connectivity index (χ0n) is 9.16. The summed E-state index contributed by atoms with van der Waals surface area (Å²) in [4.78, 5) is 0. The maximum Gasteiger partial charge on any atom is 0.189 e. The third kappa shape index (κ3) is 3.11. The van der Waals surface area contributed by atoms with Gasteiger partial charge in [-0.2, -0.15) is 0 Å². The Morgan fingerprint density at radius 2 is 2.13 bits per heavy atom. The van der Waals surface area contributed by atoms with Gasteiger partial charge >= 0.3 is 0 Å². The first kappa shape index (κ1) is 11.8. The van der Waals surface area contributed by atoms with E-state index in [1.807, 2.05) is 25.1 Å². The summed E-state index contributed by atoms with van der Waals surface area (Å²) in [7, 11) is 1.60. The summed E-state index contributed by atoms with van der Waals surface area (Å²) in [5, 5.41) is 0. The second kappa shape index (κ2) is 6.27. The first-order valence-corrected chi connectivity index (χ1v) is 4.90. The van der Waals surface area contributed by atoms with E-state index in [2.05, 4.69) is 0 Å². The minimum absolute atomic E-state index is 0.212. The molecule has 1 aromatic carbocycles. The van der Waals surface area contributed by atoms with Crippen molar-refractivity contribution in [3.63, 3.8) is 0 Å². The molecule has 15 heavy (non-hydrogen) atoms. The Hall–Kier alpha value is -1.26. The third-order valence-electron chi connectivity index (χ3n) is 1.99. The normalized spacial score (nSPS) is 10.1. The van der Waals surface area contributed by atoms with Gasteiger partial charge in [0.2, 0.25) is 0 Å². The molecule has 1 rings (SSSR count). The Bertz CT molecular complexity index is 280. The Balaban J connectivity index is 2.80. The third-order valence-corrected chi connectivity index (χ3v) is 1.99. The molecule has 84 valence electrons. The maximum atomic E-state index is 5.60. The van der Waals surface area contributed by atoms with Crippen LogP contribution < -0.4 is 15.2 Å². The Morgan fingerprint density at radius 3 is 2.73 bits per heavy atom. The molecule has 0 aliphatic heterocycles. The van der Waals surface area contributed by atoms with Gasteiger partial charge in [-0.3, -0.25) is 0 Å². The fourth-order valence-corrected chi connectivity index (χ4v) is 1.23. The van der Waals surface area contributed by atoms with Crippen LogP contribution in [-0.4, -0.2) is 20.5 Å². The minimum Gasteiger partial charge on any atom is -0.493 e. The molecule has 2 N–H and O–H groups in total. The molecule has 0 aliphatic rings. The van der Waals surface area contributed by atoms with Crippen LogP contribution in [0.3, 0.4) is 0 Å². The van der Waals surface area contributed by atoms with E-state index in [1.54, 1.807) is 7.11 Å². The molecular formula is C11H17NO3. The molecule has 0 atom stereocenters. The van der Waals surface area contributed by atoms with E-state index in [4.69, 9.17) is 19.9 Å². The van der Waals surface area contributed by atoms with Gasteiger partial charge in [0.15, 0.2) is 18.3 Å². The summed E-state index contributed by atoms with van der Waals surface area (Å²) < 4.78 is 15.8. The molecule has 4 nitrogen and oxygen atoms in total. The fourth-order valence-electron chi connectivity index (χ4n) is 1.23. The number of ether oxygens (including phenoxy) is 3. The number of methoxy groups -OCH3 is 1. The number of hydrogen-bond acceptors (Lipinski definition) is 4. The van der Waals surface area contributed by atoms with Crippen LogP contribution >= 0.6 is 0 Å². The lowest BCUT2D eigenvalue weighted by Gasteiger charge is -2.13. The van der Waals surface area contributed by atoms with E-state index in [0.717, 1.165) is 5.56 Å². The van der Waals surface area contributed by atoms with Crippen molar-refractivity contribution >= 4 is 0 Å². The van der Waals surface area contributed by atoms with E-state index in [0.29, 0.717) is 24.7 Å². The molecule has 1 aromatic rings. The number of nitrogens with two attached hydrogens (primary N) is 1. The van der Waals surface area contributed by atoms with E-state index in [9.17, 15) is 0 Å². The lowest BCUT2D eigenvalue weighted by Crippen LogP contribution is -2.07. The predicted octanol–water partition coefficient (Wildman–Crippen LogP) is 1.53. The highest BCUT2D eigenvalue weighted by Crippen LogP contribution is 2.30. The van der Waals surface area contributed by atoms with Crippen molar-refractivity contribution in [2.24, 2.45) is 5.73 Å². The molecule has 4 heteroatoms. The second-order valence-corrected chi connectivity index (χ2v) is 2.91. The van der Waals surface area contributed by atoms with E-state index < -0.39 is 0 Å². The number of rotatable bonds is 6. The van der Waals surface area contributed by atoms with Gasteiger partial charge in [0.25, 0.3) is 0 Å². The lowest BCUT2D eigenvalue weighted by atomic mass is 10.2. The van der Waals surface area contributed by atoms with Crippen molar-refractivity contribution in [1.29, 1.82) is 0 Å². The minimum atomic E-state index is 0.212. The van der Waals surface area contributed by atoms with Crippen molar-refractivity contribution in [2.75, 3.05) is 20.5 Å². The van der Waals surface area contributed by atoms with Gasteiger partial charge in [-0.25, -0.2) is 0 Å². The molecule has 0 amide bonds. The number of para-hydroxylation sites is 1. The van der Waals surface area contributed by atoms with Crippen LogP contribution in [0.4, 0.5) is 0 Å². The van der Waals surface area contributed by atoms with Crippen LogP contribution in [-0.2, 0) is 11.3 Å². The van der Waals surface area contributed by atoms with Crippen LogP contribution in [0.25, 0.3) is 0 Å². The monoisotopic (exact) mass is 211 g/mol. The summed E-state index contributed by atoms with van der Waals surface area (Å²) >= 11 is 0. The van der Waals surface area contributed by atoms with Crippen LogP contribution in [0.2, 0.25) is 0 Å². The standard InChI is InChI=1S/C11H17NO3/c1-3-14-8-15-11-9(7-12)5-4-6-10(11)13-2/h4-6H,3,7-8,12H2,1-2H3. The molecule has 0 fully saturated rings. The molecular weight excluding hydrogens is 194 g/mol. The highest BCUT2D eigenvalue weighted by molar-refractivity contribution is 5.46. The zero-order valence-corrected chi connectivity index (χ0v) is 9.16. The topological polar surface area (TPSA) is 53.7 Å². The van der Waals surface area contributed by atoms with E-state index in [1.165, 1.54) is 0 Å². The molecule has 0 radical (unpaired) electrons. The Morgan fingerprint density at radius 1 is 1.33 bits per heavy atom. The van der Waals surface area contributed by atoms with Gasteiger partial charge in [0.05, 0.1) is 7.11 Å². The first-order valence-electron chi connectivity index (χ1n) is 4.90. The summed E-state index contributed by atoms with van der Waals surface area (Å²) in [6.45, 7) is 3.16. The van der Waals surface area contributed by atoms with Gasteiger partial charge in [-0.1, -0.05) is 12.1 Å². The second-order valence-electron chi connectivity index (χ2n) is 2.91. The molecule has 0 aliphatic carbocycles. The Labute approximate surface area is 89.9 Å². The van der Waals surface area contributed by atoms with Gasteiger partial charge < -0.3 is 19.9 Å². The first-order chi connectivity index (χ1) is 7.33. The van der Waals surface area contributed by atoms with Crippen LogP contribution in [0.1, 0.15) is 12.5 Å². The lowest BCUT2D eigenvalue weighted by molar-refractivity contribution is 0.0203. The quantitative estimate of drug-likeness (QED) is 0.572. The van der Waals surface area contributed by atoms with Gasteiger partial charge in [0.1, 0.15) is 0 Å². The average molecular weight is 211 g/mol. The summed E-state index contributed by atoms with van der Waals surface area (Å²) in [5.74, 6) is 1.34. The molecule has 0 heterocycles. The van der Waals surface area contributed by atoms with Crippen molar-refractivity contribution in [3.8, 4) is 11.5 Å².